The van der Waals surface area contributed by atoms with Gasteiger partial charge in [-0.3, -0.25) is 0 Å². The quantitative estimate of drug-likeness (QED) is 0.137. The molecule has 0 heterocycles. The van der Waals surface area contributed by atoms with E-state index in [9.17, 15) is 4.79 Å². The maximum atomic E-state index is 13.6. The number of carbonyl (C=O) groups excluding carboxylic acids is 1. The second-order valence-corrected chi connectivity index (χ2v) is 11.6. The minimum absolute atomic E-state index is 0.420. The molecule has 0 saturated heterocycles. The van der Waals surface area contributed by atoms with E-state index in [2.05, 4.69) is 97.1 Å². The lowest BCUT2D eigenvalue weighted by Gasteiger charge is -2.17. The SMILES string of the molecule is O=C(Oc1ccccc1-c1ccccc1-c1cccc2ccccc12)Oc1ccccc1-c1ccccc1-c1cccc2ccccc12. The van der Waals surface area contributed by atoms with Crippen molar-refractivity contribution in [1.29, 1.82) is 0 Å². The Labute approximate surface area is 279 Å². The van der Waals surface area contributed by atoms with Gasteiger partial charge in [0.1, 0.15) is 11.5 Å². The van der Waals surface area contributed by atoms with Crippen LogP contribution in [0.3, 0.4) is 0 Å². The first kappa shape index (κ1) is 29.0. The van der Waals surface area contributed by atoms with Crippen LogP contribution in [0, 0.1) is 0 Å². The second kappa shape index (κ2) is 12.7. The lowest BCUT2D eigenvalue weighted by atomic mass is 9.91. The number of hydrogen-bond donors (Lipinski definition) is 0. The van der Waals surface area contributed by atoms with Gasteiger partial charge in [0.25, 0.3) is 0 Å². The van der Waals surface area contributed by atoms with Crippen LogP contribution in [0.15, 0.2) is 182 Å². The van der Waals surface area contributed by atoms with Crippen molar-refractivity contribution in [1.82, 2.24) is 0 Å². The van der Waals surface area contributed by atoms with Gasteiger partial charge in [-0.25, -0.2) is 4.79 Å². The summed E-state index contributed by atoms with van der Waals surface area (Å²) in [6.45, 7) is 0. The van der Waals surface area contributed by atoms with Crippen LogP contribution in [-0.4, -0.2) is 6.16 Å². The van der Waals surface area contributed by atoms with Crippen molar-refractivity contribution in [2.24, 2.45) is 0 Å². The van der Waals surface area contributed by atoms with Crippen LogP contribution in [0.2, 0.25) is 0 Å². The molecule has 0 saturated carbocycles. The van der Waals surface area contributed by atoms with Crippen molar-refractivity contribution < 1.29 is 14.3 Å². The highest BCUT2D eigenvalue weighted by Gasteiger charge is 2.19. The van der Waals surface area contributed by atoms with Crippen LogP contribution in [0.25, 0.3) is 66.1 Å². The molecule has 0 spiro atoms. The van der Waals surface area contributed by atoms with E-state index in [0.717, 1.165) is 55.3 Å². The highest BCUT2D eigenvalue weighted by Crippen LogP contribution is 2.42. The molecule has 0 aliphatic heterocycles. The molecule has 0 N–H and O–H groups in total. The molecule has 0 aliphatic carbocycles. The molecule has 3 nitrogen and oxygen atoms in total. The van der Waals surface area contributed by atoms with Crippen molar-refractivity contribution >= 4 is 27.7 Å². The Kier molecular flexibility index (Phi) is 7.70. The van der Waals surface area contributed by atoms with E-state index in [-0.39, 0.29) is 0 Å². The molecule has 0 radical (unpaired) electrons. The van der Waals surface area contributed by atoms with Gasteiger partial charge in [0.15, 0.2) is 0 Å². The van der Waals surface area contributed by atoms with Crippen LogP contribution < -0.4 is 9.47 Å². The number of carbonyl (C=O) groups is 1. The van der Waals surface area contributed by atoms with Gasteiger partial charge in [-0.05, 0) is 67.1 Å². The van der Waals surface area contributed by atoms with E-state index in [0.29, 0.717) is 11.5 Å². The third-order valence-electron chi connectivity index (χ3n) is 8.75. The lowest BCUT2D eigenvalue weighted by molar-refractivity contribution is 0.152. The van der Waals surface area contributed by atoms with Crippen molar-refractivity contribution in [3.63, 3.8) is 0 Å². The van der Waals surface area contributed by atoms with E-state index in [1.807, 2.05) is 72.8 Å². The zero-order valence-electron chi connectivity index (χ0n) is 26.0. The molecule has 48 heavy (non-hydrogen) atoms. The summed E-state index contributed by atoms with van der Waals surface area (Å²) in [6, 6.07) is 60.9. The molecule has 0 atom stereocenters. The molecule has 3 heteroatoms. The first-order valence-corrected chi connectivity index (χ1v) is 16.0. The lowest BCUT2D eigenvalue weighted by Crippen LogP contribution is -2.15. The molecule has 0 bridgehead atoms. The van der Waals surface area contributed by atoms with Crippen LogP contribution >= 0.6 is 0 Å². The average Bonchev–Trinajstić information content (AvgIpc) is 3.15. The molecule has 0 amide bonds. The Balaban J connectivity index is 1.13. The highest BCUT2D eigenvalue weighted by atomic mass is 16.7. The second-order valence-electron chi connectivity index (χ2n) is 11.6. The van der Waals surface area contributed by atoms with Gasteiger partial charge >= 0.3 is 6.16 Å². The summed E-state index contributed by atoms with van der Waals surface area (Å²) in [5.74, 6) is 0.840. The van der Waals surface area contributed by atoms with Crippen LogP contribution in [0.1, 0.15) is 0 Å². The summed E-state index contributed by atoms with van der Waals surface area (Å²) < 4.78 is 12.0. The van der Waals surface area contributed by atoms with Gasteiger partial charge in [0, 0.05) is 11.1 Å². The first-order chi connectivity index (χ1) is 23.7. The van der Waals surface area contributed by atoms with Gasteiger partial charge in [0.05, 0.1) is 0 Å². The maximum absolute atomic E-state index is 13.6. The average molecular weight is 619 g/mol. The Bertz CT molecular complexity index is 2260. The maximum Gasteiger partial charge on any atom is 0.519 e. The molecule has 0 aromatic heterocycles. The van der Waals surface area contributed by atoms with E-state index < -0.39 is 6.16 Å². The van der Waals surface area contributed by atoms with Crippen molar-refractivity contribution in [2.75, 3.05) is 0 Å². The predicted octanol–water partition coefficient (Wildman–Crippen LogP) is 12.2. The fourth-order valence-electron chi connectivity index (χ4n) is 6.58. The number of benzene rings is 8. The largest absolute Gasteiger partial charge is 0.519 e. The van der Waals surface area contributed by atoms with Crippen LogP contribution in [-0.2, 0) is 0 Å². The molecule has 0 unspecified atom stereocenters. The van der Waals surface area contributed by atoms with Gasteiger partial charge < -0.3 is 9.47 Å². The zero-order valence-corrected chi connectivity index (χ0v) is 26.0. The van der Waals surface area contributed by atoms with E-state index in [1.165, 1.54) is 10.8 Å². The first-order valence-electron chi connectivity index (χ1n) is 16.0. The zero-order chi connectivity index (χ0) is 32.3. The number of ether oxygens (including phenoxy) is 2. The van der Waals surface area contributed by atoms with Crippen molar-refractivity contribution in [3.8, 4) is 56.0 Å². The summed E-state index contributed by atoms with van der Waals surface area (Å²) in [4.78, 5) is 13.6. The third-order valence-corrected chi connectivity index (χ3v) is 8.75. The van der Waals surface area contributed by atoms with Gasteiger partial charge in [-0.15, -0.1) is 0 Å². The number of hydrogen-bond acceptors (Lipinski definition) is 3. The molecule has 8 aromatic carbocycles. The fraction of sp³-hybridized carbons (Fsp3) is 0. The number of rotatable bonds is 6. The molecule has 228 valence electrons. The van der Waals surface area contributed by atoms with Crippen molar-refractivity contribution in [2.45, 2.75) is 0 Å². The summed E-state index contributed by atoms with van der Waals surface area (Å²) in [6.07, 6.45) is -0.805. The predicted molar refractivity (Wildman–Crippen MR) is 196 cm³/mol. The topological polar surface area (TPSA) is 35.5 Å². The Morgan fingerprint density at radius 1 is 0.292 bits per heavy atom. The van der Waals surface area contributed by atoms with E-state index in [4.69, 9.17) is 9.47 Å². The molecule has 8 aromatic rings. The Hall–Kier alpha value is -6.45. The number of para-hydroxylation sites is 2. The normalized spacial score (nSPS) is 11.0. The van der Waals surface area contributed by atoms with Gasteiger partial charge in [-0.2, -0.15) is 0 Å². The summed E-state index contributed by atoms with van der Waals surface area (Å²) in [5.41, 5.74) is 7.84. The Morgan fingerprint density at radius 3 is 1.02 bits per heavy atom. The summed E-state index contributed by atoms with van der Waals surface area (Å²) in [7, 11) is 0. The third kappa shape index (κ3) is 5.48. The van der Waals surface area contributed by atoms with Gasteiger partial charge in [-0.1, -0.05) is 170 Å². The molecule has 0 fully saturated rings. The molecule has 0 aliphatic rings. The van der Waals surface area contributed by atoms with Crippen LogP contribution in [0.5, 0.6) is 11.5 Å². The minimum atomic E-state index is -0.805. The minimum Gasteiger partial charge on any atom is -0.394 e. The van der Waals surface area contributed by atoms with E-state index >= 15 is 0 Å². The standard InChI is InChI=1S/C45H30O3/c46-45(47-43-29-11-9-25-41(43)39-23-7-5-21-37(39)35-27-13-17-31-15-1-3-19-33(31)35)48-44-30-12-10-26-42(44)40-24-8-6-22-38(40)36-28-14-18-32-16-2-4-20-34(32)36/h1-30H. The van der Waals surface area contributed by atoms with Gasteiger partial charge in [0.2, 0.25) is 0 Å². The fourth-order valence-corrected chi connectivity index (χ4v) is 6.58. The van der Waals surface area contributed by atoms with E-state index in [1.54, 1.807) is 12.1 Å². The summed E-state index contributed by atoms with van der Waals surface area (Å²) in [5, 5.41) is 4.65. The Morgan fingerprint density at radius 2 is 0.583 bits per heavy atom. The molecule has 8 rings (SSSR count). The smallest absolute Gasteiger partial charge is 0.394 e. The van der Waals surface area contributed by atoms with Crippen molar-refractivity contribution in [3.05, 3.63) is 182 Å². The highest BCUT2D eigenvalue weighted by molar-refractivity contribution is 6.02. The molecular weight excluding hydrogens is 588 g/mol. The number of fused-ring (bicyclic) bond motifs is 2. The summed E-state index contributed by atoms with van der Waals surface area (Å²) >= 11 is 0. The monoisotopic (exact) mass is 618 g/mol. The molecular formula is C45H30O3. The van der Waals surface area contributed by atoms with Crippen LogP contribution in [0.4, 0.5) is 4.79 Å².